The molecule has 7 heteroatoms. The van der Waals surface area contributed by atoms with Crippen LogP contribution in [0.3, 0.4) is 0 Å². The topological polar surface area (TPSA) is 114 Å². The highest BCUT2D eigenvalue weighted by Crippen LogP contribution is 2.26. The van der Waals surface area contributed by atoms with Crippen molar-refractivity contribution in [1.29, 1.82) is 5.41 Å². The molecule has 0 saturated carbocycles. The molecule has 4 N–H and O–H groups in total. The van der Waals surface area contributed by atoms with Crippen molar-refractivity contribution in [2.75, 3.05) is 6.61 Å². The summed E-state index contributed by atoms with van der Waals surface area (Å²) in [5.41, 5.74) is 3.59. The first-order chi connectivity index (χ1) is 15.4. The van der Waals surface area contributed by atoms with Crippen molar-refractivity contribution in [1.82, 2.24) is 4.90 Å². The number of aliphatic hydroxyl groups is 3. The minimum Gasteiger partial charge on any atom is -0.394 e. The molecule has 1 saturated heterocycles. The molecule has 0 aromatic heterocycles. The number of aliphatic hydroxyl groups excluding tert-OH is 3. The van der Waals surface area contributed by atoms with E-state index in [9.17, 15) is 20.1 Å². The van der Waals surface area contributed by atoms with Gasteiger partial charge in [0, 0.05) is 18.3 Å². The van der Waals surface area contributed by atoms with Crippen LogP contribution in [0.2, 0.25) is 0 Å². The third-order valence-electron chi connectivity index (χ3n) is 5.45. The molecule has 3 rings (SSSR count). The van der Waals surface area contributed by atoms with Crippen molar-refractivity contribution < 1.29 is 24.9 Å². The summed E-state index contributed by atoms with van der Waals surface area (Å²) >= 11 is 0. The van der Waals surface area contributed by atoms with Crippen LogP contribution in [0.1, 0.15) is 25.3 Å². The van der Waals surface area contributed by atoms with E-state index in [-0.39, 0.29) is 18.0 Å². The van der Waals surface area contributed by atoms with Gasteiger partial charge in [0.2, 0.25) is 5.91 Å². The first-order valence-electron chi connectivity index (χ1n) is 10.7. The fraction of sp³-hybridized carbons (Fsp3) is 0.360. The zero-order valence-electron chi connectivity index (χ0n) is 18.1. The van der Waals surface area contributed by atoms with E-state index in [1.165, 1.54) is 17.2 Å². The van der Waals surface area contributed by atoms with Gasteiger partial charge in [-0.05, 0) is 42.5 Å². The average molecular weight is 439 g/mol. The van der Waals surface area contributed by atoms with Gasteiger partial charge in [0.05, 0.1) is 6.61 Å². The molecule has 3 unspecified atom stereocenters. The first kappa shape index (κ1) is 23.8. The minimum atomic E-state index is -1.35. The predicted molar refractivity (Wildman–Crippen MR) is 122 cm³/mol. The van der Waals surface area contributed by atoms with E-state index < -0.39 is 31.1 Å². The van der Waals surface area contributed by atoms with Gasteiger partial charge in [0.25, 0.3) is 0 Å². The standard InChI is InChI=1S/C25H30N2O5/c1-17(26)13-14-27(25-24(31)23(30)21(16-28)32-25)22(29)12-6-8-18-7-5-11-20(15-18)19-9-3-2-4-10-19/h2-5,7,9-11,13-15,21,23-26,28,30-31H,6,8,12,16H2,1H3/b14-13-,26-17?/t21-,23?,24?,25?/m1/s1. The monoisotopic (exact) mass is 438 g/mol. The molecule has 1 aliphatic rings. The minimum absolute atomic E-state index is 0.198. The van der Waals surface area contributed by atoms with Gasteiger partial charge in [-0.2, -0.15) is 0 Å². The van der Waals surface area contributed by atoms with Crippen LogP contribution in [0.5, 0.6) is 0 Å². The molecule has 170 valence electrons. The molecule has 1 aliphatic heterocycles. The summed E-state index contributed by atoms with van der Waals surface area (Å²) in [6.45, 7) is 1.10. The van der Waals surface area contributed by atoms with Crippen molar-refractivity contribution in [2.45, 2.75) is 50.7 Å². The molecule has 7 nitrogen and oxygen atoms in total. The number of nitrogens with zero attached hydrogens (tertiary/aromatic N) is 1. The number of rotatable bonds is 9. The Morgan fingerprint density at radius 3 is 2.47 bits per heavy atom. The molecule has 2 aromatic rings. The summed E-state index contributed by atoms with van der Waals surface area (Å²) in [4.78, 5) is 14.1. The third kappa shape index (κ3) is 5.89. The van der Waals surface area contributed by atoms with Crippen LogP contribution in [0.15, 0.2) is 66.9 Å². The average Bonchev–Trinajstić information content (AvgIpc) is 3.08. The van der Waals surface area contributed by atoms with Crippen LogP contribution in [0, 0.1) is 5.41 Å². The molecule has 1 heterocycles. The SMILES string of the molecule is CC(=N)/C=C\N(C(=O)CCCc1cccc(-c2ccccc2)c1)C1O[C@H](CO)C(O)C1O. The van der Waals surface area contributed by atoms with Gasteiger partial charge in [0.15, 0.2) is 6.23 Å². The predicted octanol–water partition coefficient (Wildman–Crippen LogP) is 2.50. The van der Waals surface area contributed by atoms with Gasteiger partial charge in [-0.3, -0.25) is 9.69 Å². The van der Waals surface area contributed by atoms with Crippen molar-refractivity contribution >= 4 is 11.6 Å². The van der Waals surface area contributed by atoms with Crippen LogP contribution in [-0.2, 0) is 16.0 Å². The lowest BCUT2D eigenvalue weighted by Gasteiger charge is -2.27. The first-order valence-corrected chi connectivity index (χ1v) is 10.7. The quantitative estimate of drug-likeness (QED) is 0.449. The van der Waals surface area contributed by atoms with E-state index in [1.54, 1.807) is 6.92 Å². The highest BCUT2D eigenvalue weighted by atomic mass is 16.6. The zero-order chi connectivity index (χ0) is 23.1. The Morgan fingerprint density at radius 2 is 1.81 bits per heavy atom. The zero-order valence-corrected chi connectivity index (χ0v) is 18.1. The second kappa shape index (κ2) is 11.2. The Labute approximate surface area is 188 Å². The fourth-order valence-corrected chi connectivity index (χ4v) is 3.72. The lowest BCUT2D eigenvalue weighted by molar-refractivity contribution is -0.146. The third-order valence-corrected chi connectivity index (χ3v) is 5.45. The van der Waals surface area contributed by atoms with E-state index in [0.29, 0.717) is 12.8 Å². The molecule has 0 bridgehead atoms. The number of carbonyl (C=O) groups excluding carboxylic acids is 1. The molecule has 1 amide bonds. The molecule has 0 spiro atoms. The molecule has 0 aliphatic carbocycles. The van der Waals surface area contributed by atoms with Crippen molar-refractivity contribution in [3.05, 3.63) is 72.4 Å². The van der Waals surface area contributed by atoms with Gasteiger partial charge in [-0.1, -0.05) is 54.6 Å². The number of carbonyl (C=O) groups is 1. The Morgan fingerprint density at radius 1 is 1.09 bits per heavy atom. The van der Waals surface area contributed by atoms with E-state index in [2.05, 4.69) is 24.3 Å². The maximum Gasteiger partial charge on any atom is 0.228 e. The van der Waals surface area contributed by atoms with Crippen molar-refractivity contribution in [3.8, 4) is 11.1 Å². The van der Waals surface area contributed by atoms with Gasteiger partial charge < -0.3 is 25.5 Å². The molecule has 2 aromatic carbocycles. The summed E-state index contributed by atoms with van der Waals surface area (Å²) in [6, 6.07) is 18.3. The fourth-order valence-electron chi connectivity index (χ4n) is 3.72. The van der Waals surface area contributed by atoms with Gasteiger partial charge in [-0.15, -0.1) is 0 Å². The Hall–Kier alpha value is -2.84. The summed E-state index contributed by atoms with van der Waals surface area (Å²) in [5.74, 6) is -0.295. The Kier molecular flexibility index (Phi) is 8.30. The molecule has 0 radical (unpaired) electrons. The van der Waals surface area contributed by atoms with E-state index in [0.717, 1.165) is 16.7 Å². The summed E-state index contributed by atoms with van der Waals surface area (Å²) < 4.78 is 5.51. The number of ether oxygens (including phenoxy) is 1. The van der Waals surface area contributed by atoms with Crippen LogP contribution < -0.4 is 0 Å². The molecular weight excluding hydrogens is 408 g/mol. The van der Waals surface area contributed by atoms with Crippen LogP contribution in [0.4, 0.5) is 0 Å². The Bertz CT molecular complexity index is 946. The number of hydrogen-bond acceptors (Lipinski definition) is 6. The number of allylic oxidation sites excluding steroid dienone is 1. The second-order valence-corrected chi connectivity index (χ2v) is 7.95. The Balaban J connectivity index is 1.65. The van der Waals surface area contributed by atoms with E-state index in [4.69, 9.17) is 10.1 Å². The largest absolute Gasteiger partial charge is 0.394 e. The molecular formula is C25H30N2O5. The number of hydrogen-bond donors (Lipinski definition) is 4. The highest BCUT2D eigenvalue weighted by molar-refractivity contribution is 5.90. The molecule has 4 atom stereocenters. The van der Waals surface area contributed by atoms with Gasteiger partial charge >= 0.3 is 0 Å². The normalized spacial score (nSPS) is 22.9. The maximum absolute atomic E-state index is 12.9. The maximum atomic E-state index is 12.9. The van der Waals surface area contributed by atoms with Crippen LogP contribution in [0.25, 0.3) is 11.1 Å². The van der Waals surface area contributed by atoms with Crippen LogP contribution in [-0.4, -0.2) is 63.0 Å². The van der Waals surface area contributed by atoms with Gasteiger partial charge in [0.1, 0.15) is 18.3 Å². The summed E-state index contributed by atoms with van der Waals surface area (Å²) in [6.07, 6.45) is -0.443. The molecule has 32 heavy (non-hydrogen) atoms. The van der Waals surface area contributed by atoms with Crippen molar-refractivity contribution in [3.63, 3.8) is 0 Å². The van der Waals surface area contributed by atoms with Crippen LogP contribution >= 0.6 is 0 Å². The number of nitrogens with one attached hydrogen (secondary N) is 1. The molecule has 1 fully saturated rings. The highest BCUT2D eigenvalue weighted by Gasteiger charge is 2.45. The number of aryl methyl sites for hydroxylation is 1. The van der Waals surface area contributed by atoms with Gasteiger partial charge in [-0.25, -0.2) is 0 Å². The second-order valence-electron chi connectivity index (χ2n) is 7.95. The summed E-state index contributed by atoms with van der Waals surface area (Å²) in [7, 11) is 0. The van der Waals surface area contributed by atoms with Crippen molar-refractivity contribution in [2.24, 2.45) is 0 Å². The number of amides is 1. The van der Waals surface area contributed by atoms with E-state index >= 15 is 0 Å². The lowest BCUT2D eigenvalue weighted by atomic mass is 10.0. The lowest BCUT2D eigenvalue weighted by Crippen LogP contribution is -2.44. The van der Waals surface area contributed by atoms with E-state index in [1.807, 2.05) is 30.3 Å². The summed E-state index contributed by atoms with van der Waals surface area (Å²) in [5, 5.41) is 37.3. The smallest absolute Gasteiger partial charge is 0.228 e. The number of benzene rings is 2.